The third-order valence-electron chi connectivity index (χ3n) is 3.61. The van der Waals surface area contributed by atoms with Gasteiger partial charge in [-0.1, -0.05) is 23.4 Å². The summed E-state index contributed by atoms with van der Waals surface area (Å²) in [6.45, 7) is 0.221. The van der Waals surface area contributed by atoms with Gasteiger partial charge in [-0.3, -0.25) is 0 Å². The second kappa shape index (κ2) is 5.11. The molecule has 0 amide bonds. The van der Waals surface area contributed by atoms with Gasteiger partial charge in [0.25, 0.3) is 0 Å². The maximum Gasteiger partial charge on any atom is 0.231 e. The lowest BCUT2D eigenvalue weighted by Crippen LogP contribution is -1.93. The third-order valence-corrected chi connectivity index (χ3v) is 3.61. The molecule has 0 atom stereocenters. The number of hydrogen-bond donors (Lipinski definition) is 0. The Balaban J connectivity index is 1.82. The van der Waals surface area contributed by atoms with Crippen LogP contribution in [-0.4, -0.2) is 19.1 Å². The quantitative estimate of drug-likeness (QED) is 0.736. The summed E-state index contributed by atoms with van der Waals surface area (Å²) >= 11 is 0. The molecule has 0 unspecified atom stereocenters. The molecule has 0 fully saturated rings. The van der Waals surface area contributed by atoms with Gasteiger partial charge in [0.05, 0.1) is 18.9 Å². The Hall–Kier alpha value is -2.95. The molecule has 0 saturated carbocycles. The fourth-order valence-corrected chi connectivity index (χ4v) is 2.52. The maximum atomic E-state index is 5.55. The number of methoxy groups -OCH3 is 1. The molecular formula is C17H13NO4. The molecule has 110 valence electrons. The van der Waals surface area contributed by atoms with E-state index in [0.717, 1.165) is 28.2 Å². The topological polar surface area (TPSA) is 53.7 Å². The van der Waals surface area contributed by atoms with Crippen LogP contribution in [0.4, 0.5) is 0 Å². The van der Waals surface area contributed by atoms with Gasteiger partial charge >= 0.3 is 0 Å². The van der Waals surface area contributed by atoms with E-state index < -0.39 is 0 Å². The largest absolute Gasteiger partial charge is 0.497 e. The number of ether oxygens (including phenoxy) is 3. The molecule has 22 heavy (non-hydrogen) atoms. The first-order valence-electron chi connectivity index (χ1n) is 6.85. The highest BCUT2D eigenvalue weighted by molar-refractivity contribution is 5.83. The lowest BCUT2D eigenvalue weighted by Gasteiger charge is -2.06. The van der Waals surface area contributed by atoms with Gasteiger partial charge in [0.15, 0.2) is 17.3 Å². The Morgan fingerprint density at radius 2 is 1.86 bits per heavy atom. The fourth-order valence-electron chi connectivity index (χ4n) is 2.52. The highest BCUT2D eigenvalue weighted by atomic mass is 16.7. The molecule has 0 N–H and O–H groups in total. The minimum Gasteiger partial charge on any atom is -0.497 e. The number of aromatic nitrogens is 1. The van der Waals surface area contributed by atoms with Crippen molar-refractivity contribution in [1.82, 2.24) is 5.16 Å². The molecule has 4 rings (SSSR count). The minimum atomic E-state index is 0.221. The van der Waals surface area contributed by atoms with Crippen molar-refractivity contribution in [3.05, 3.63) is 48.7 Å². The summed E-state index contributed by atoms with van der Waals surface area (Å²) in [4.78, 5) is 0. The van der Waals surface area contributed by atoms with Crippen LogP contribution in [0.1, 0.15) is 0 Å². The van der Waals surface area contributed by atoms with Crippen molar-refractivity contribution in [2.45, 2.75) is 0 Å². The van der Waals surface area contributed by atoms with Crippen LogP contribution in [0.15, 0.2) is 53.2 Å². The van der Waals surface area contributed by atoms with Crippen LogP contribution in [0.5, 0.6) is 17.2 Å². The Labute approximate surface area is 127 Å². The molecule has 1 aromatic heterocycles. The van der Waals surface area contributed by atoms with Crippen molar-refractivity contribution in [1.29, 1.82) is 0 Å². The SMILES string of the molecule is COc1ccc(-c2cnoc2-c2cccc3c2OCO3)cc1. The normalized spacial score (nSPS) is 12.4. The summed E-state index contributed by atoms with van der Waals surface area (Å²) in [5.41, 5.74) is 2.72. The zero-order chi connectivity index (χ0) is 14.9. The van der Waals surface area contributed by atoms with E-state index in [4.69, 9.17) is 18.7 Å². The van der Waals surface area contributed by atoms with Crippen molar-refractivity contribution in [2.75, 3.05) is 13.9 Å². The lowest BCUT2D eigenvalue weighted by molar-refractivity contribution is 0.174. The van der Waals surface area contributed by atoms with Gasteiger partial charge < -0.3 is 18.7 Å². The second-order valence-corrected chi connectivity index (χ2v) is 4.84. The molecule has 0 aliphatic carbocycles. The summed E-state index contributed by atoms with van der Waals surface area (Å²) < 4.78 is 21.6. The molecule has 1 aliphatic rings. The summed E-state index contributed by atoms with van der Waals surface area (Å²) in [6, 6.07) is 13.5. The van der Waals surface area contributed by atoms with E-state index in [-0.39, 0.29) is 6.79 Å². The molecule has 2 aromatic carbocycles. The van der Waals surface area contributed by atoms with Crippen LogP contribution >= 0.6 is 0 Å². The van der Waals surface area contributed by atoms with Gasteiger partial charge in [-0.15, -0.1) is 0 Å². The van der Waals surface area contributed by atoms with Crippen LogP contribution in [0, 0.1) is 0 Å². The molecular weight excluding hydrogens is 282 g/mol. The van der Waals surface area contributed by atoms with E-state index in [0.29, 0.717) is 11.5 Å². The van der Waals surface area contributed by atoms with Gasteiger partial charge in [-0.05, 0) is 29.8 Å². The first-order chi connectivity index (χ1) is 10.9. The van der Waals surface area contributed by atoms with E-state index in [1.54, 1.807) is 13.3 Å². The van der Waals surface area contributed by atoms with Gasteiger partial charge in [-0.25, -0.2) is 0 Å². The van der Waals surface area contributed by atoms with E-state index in [9.17, 15) is 0 Å². The molecule has 0 spiro atoms. The number of fused-ring (bicyclic) bond motifs is 1. The molecule has 0 bridgehead atoms. The number of rotatable bonds is 3. The third kappa shape index (κ3) is 1.98. The van der Waals surface area contributed by atoms with E-state index >= 15 is 0 Å². The molecule has 5 heteroatoms. The standard InChI is InChI=1S/C17H13NO4/c1-19-12-7-5-11(6-8-12)14-9-18-22-16(14)13-3-2-4-15-17(13)21-10-20-15/h2-9H,10H2,1H3. The monoisotopic (exact) mass is 295 g/mol. The van der Waals surface area contributed by atoms with Gasteiger partial charge in [-0.2, -0.15) is 0 Å². The Bertz CT molecular complexity index is 808. The van der Waals surface area contributed by atoms with Gasteiger partial charge in [0.1, 0.15) is 5.75 Å². The molecule has 5 nitrogen and oxygen atoms in total. The van der Waals surface area contributed by atoms with Crippen molar-refractivity contribution in [2.24, 2.45) is 0 Å². The highest BCUT2D eigenvalue weighted by Crippen LogP contribution is 2.44. The van der Waals surface area contributed by atoms with Crippen molar-refractivity contribution in [3.8, 4) is 39.7 Å². The van der Waals surface area contributed by atoms with Crippen molar-refractivity contribution in [3.63, 3.8) is 0 Å². The smallest absolute Gasteiger partial charge is 0.231 e. The molecule has 1 aliphatic heterocycles. The van der Waals surface area contributed by atoms with Crippen LogP contribution in [0.3, 0.4) is 0 Å². The summed E-state index contributed by atoms with van der Waals surface area (Å²) in [7, 11) is 1.64. The van der Waals surface area contributed by atoms with Crippen LogP contribution in [0.2, 0.25) is 0 Å². The number of hydrogen-bond acceptors (Lipinski definition) is 5. The zero-order valence-electron chi connectivity index (χ0n) is 11.9. The Morgan fingerprint density at radius 1 is 1.00 bits per heavy atom. The molecule has 3 aromatic rings. The maximum absolute atomic E-state index is 5.55. The minimum absolute atomic E-state index is 0.221. The average molecular weight is 295 g/mol. The Morgan fingerprint density at radius 3 is 2.68 bits per heavy atom. The molecule has 2 heterocycles. The number of benzene rings is 2. The summed E-state index contributed by atoms with van der Waals surface area (Å²) in [6.07, 6.45) is 1.70. The van der Waals surface area contributed by atoms with Crippen LogP contribution < -0.4 is 14.2 Å². The lowest BCUT2D eigenvalue weighted by atomic mass is 10.0. The zero-order valence-corrected chi connectivity index (χ0v) is 11.9. The van der Waals surface area contributed by atoms with E-state index in [1.807, 2.05) is 42.5 Å². The van der Waals surface area contributed by atoms with Crippen molar-refractivity contribution >= 4 is 0 Å². The summed E-state index contributed by atoms with van der Waals surface area (Å²) in [5.74, 6) is 2.87. The molecule has 0 radical (unpaired) electrons. The van der Waals surface area contributed by atoms with E-state index in [2.05, 4.69) is 5.16 Å². The van der Waals surface area contributed by atoms with Gasteiger partial charge in [0, 0.05) is 5.56 Å². The number of para-hydroxylation sites is 1. The predicted molar refractivity (Wildman–Crippen MR) is 80.1 cm³/mol. The first-order valence-corrected chi connectivity index (χ1v) is 6.85. The predicted octanol–water partition coefficient (Wildman–Crippen LogP) is 3.75. The van der Waals surface area contributed by atoms with Gasteiger partial charge in [0.2, 0.25) is 6.79 Å². The molecule has 0 saturated heterocycles. The van der Waals surface area contributed by atoms with Crippen LogP contribution in [0.25, 0.3) is 22.5 Å². The second-order valence-electron chi connectivity index (χ2n) is 4.84. The Kier molecular flexibility index (Phi) is 2.96. The van der Waals surface area contributed by atoms with E-state index in [1.165, 1.54) is 0 Å². The van der Waals surface area contributed by atoms with Crippen molar-refractivity contribution < 1.29 is 18.7 Å². The van der Waals surface area contributed by atoms with Crippen LogP contribution in [-0.2, 0) is 0 Å². The fraction of sp³-hybridized carbons (Fsp3) is 0.118. The average Bonchev–Trinajstić information content (AvgIpc) is 3.23. The summed E-state index contributed by atoms with van der Waals surface area (Å²) in [5, 5.41) is 3.94. The highest BCUT2D eigenvalue weighted by Gasteiger charge is 2.23. The number of nitrogens with zero attached hydrogens (tertiary/aromatic N) is 1. The first kappa shape index (κ1) is 12.8.